The van der Waals surface area contributed by atoms with Crippen LogP contribution in [0.1, 0.15) is 52.9 Å². The van der Waals surface area contributed by atoms with E-state index in [-0.39, 0.29) is 5.54 Å². The van der Waals surface area contributed by atoms with E-state index in [0.717, 1.165) is 31.6 Å². The molecule has 1 saturated heterocycles. The highest BCUT2D eigenvalue weighted by Gasteiger charge is 2.36. The molecule has 3 heteroatoms. The quantitative estimate of drug-likeness (QED) is 0.839. The second kappa shape index (κ2) is 7.24. The zero-order chi connectivity index (χ0) is 14.6. The normalized spacial score (nSPS) is 35.1. The molecular weight excluding hydrogens is 248 g/mol. The van der Waals surface area contributed by atoms with E-state index in [1.807, 2.05) is 0 Å². The topological polar surface area (TPSA) is 24.5 Å². The molecule has 3 nitrogen and oxygen atoms in total. The van der Waals surface area contributed by atoms with Crippen LogP contribution in [0.4, 0.5) is 0 Å². The van der Waals surface area contributed by atoms with Crippen LogP contribution in [0, 0.1) is 11.8 Å². The number of hydrogen-bond donors (Lipinski definition) is 1. The van der Waals surface area contributed by atoms with Crippen LogP contribution < -0.4 is 5.32 Å². The predicted molar refractivity (Wildman–Crippen MR) is 85.1 cm³/mol. The predicted octanol–water partition coefficient (Wildman–Crippen LogP) is 2.90. The molecule has 0 bridgehead atoms. The van der Waals surface area contributed by atoms with Crippen molar-refractivity contribution < 1.29 is 4.74 Å². The number of rotatable bonds is 5. The molecule has 3 unspecified atom stereocenters. The summed E-state index contributed by atoms with van der Waals surface area (Å²) in [5.41, 5.74) is 0.203. The highest BCUT2D eigenvalue weighted by atomic mass is 16.5. The molecule has 0 radical (unpaired) electrons. The molecule has 20 heavy (non-hydrogen) atoms. The maximum Gasteiger partial charge on any atom is 0.0645 e. The third kappa shape index (κ3) is 3.96. The van der Waals surface area contributed by atoms with Gasteiger partial charge in [0, 0.05) is 24.7 Å². The van der Waals surface area contributed by atoms with Crippen molar-refractivity contribution in [2.45, 2.75) is 64.5 Å². The van der Waals surface area contributed by atoms with Gasteiger partial charge in [-0.3, -0.25) is 4.90 Å². The molecule has 1 saturated carbocycles. The van der Waals surface area contributed by atoms with Crippen molar-refractivity contribution in [2.24, 2.45) is 11.8 Å². The summed E-state index contributed by atoms with van der Waals surface area (Å²) in [7, 11) is 2.14. The van der Waals surface area contributed by atoms with E-state index < -0.39 is 0 Å². The Hall–Kier alpha value is -0.120. The molecule has 0 aromatic rings. The summed E-state index contributed by atoms with van der Waals surface area (Å²) in [5.74, 6) is 1.77. The molecule has 0 amide bonds. The Labute approximate surface area is 125 Å². The zero-order valence-corrected chi connectivity index (χ0v) is 14.0. The summed E-state index contributed by atoms with van der Waals surface area (Å²) >= 11 is 0. The van der Waals surface area contributed by atoms with Crippen molar-refractivity contribution in [1.82, 2.24) is 10.2 Å². The largest absolute Gasteiger partial charge is 0.378 e. The molecule has 1 aliphatic carbocycles. The van der Waals surface area contributed by atoms with Crippen molar-refractivity contribution in [3.05, 3.63) is 0 Å². The molecule has 1 heterocycles. The zero-order valence-electron chi connectivity index (χ0n) is 14.0. The lowest BCUT2D eigenvalue weighted by Gasteiger charge is -2.46. The van der Waals surface area contributed by atoms with Crippen molar-refractivity contribution in [3.63, 3.8) is 0 Å². The van der Waals surface area contributed by atoms with E-state index in [4.69, 9.17) is 4.74 Å². The second-order valence-electron chi connectivity index (χ2n) is 7.43. The Morgan fingerprint density at radius 3 is 2.75 bits per heavy atom. The fraction of sp³-hybridized carbons (Fsp3) is 1.00. The number of nitrogens with zero attached hydrogens (tertiary/aromatic N) is 1. The Morgan fingerprint density at radius 2 is 2.10 bits per heavy atom. The van der Waals surface area contributed by atoms with Gasteiger partial charge in [0.2, 0.25) is 0 Å². The van der Waals surface area contributed by atoms with E-state index in [0.29, 0.717) is 6.04 Å². The Morgan fingerprint density at radius 1 is 1.30 bits per heavy atom. The summed E-state index contributed by atoms with van der Waals surface area (Å²) in [5, 5.41) is 3.58. The molecule has 118 valence electrons. The highest BCUT2D eigenvalue weighted by molar-refractivity contribution is 4.91. The van der Waals surface area contributed by atoms with Crippen LogP contribution >= 0.6 is 0 Å². The first kappa shape index (κ1) is 16.3. The van der Waals surface area contributed by atoms with Crippen molar-refractivity contribution in [1.29, 1.82) is 0 Å². The van der Waals surface area contributed by atoms with Gasteiger partial charge in [0.15, 0.2) is 0 Å². The monoisotopic (exact) mass is 282 g/mol. The Kier molecular flexibility index (Phi) is 5.88. The van der Waals surface area contributed by atoms with Gasteiger partial charge in [-0.05, 0) is 52.0 Å². The first-order valence-electron chi connectivity index (χ1n) is 8.57. The minimum atomic E-state index is 0.203. The Bertz CT molecular complexity index is 293. The SMILES string of the molecule is CCCC1CCC(NC)C(CN2CCOCC2(C)C)C1. The minimum absolute atomic E-state index is 0.203. The average Bonchev–Trinajstić information content (AvgIpc) is 2.42. The van der Waals surface area contributed by atoms with Gasteiger partial charge in [-0.1, -0.05) is 19.8 Å². The molecule has 2 aliphatic rings. The van der Waals surface area contributed by atoms with Crippen molar-refractivity contribution >= 4 is 0 Å². The molecule has 0 spiro atoms. The molecule has 2 fully saturated rings. The van der Waals surface area contributed by atoms with Gasteiger partial charge >= 0.3 is 0 Å². The lowest BCUT2D eigenvalue weighted by atomic mass is 9.75. The number of nitrogens with one attached hydrogen (secondary N) is 1. The average molecular weight is 282 g/mol. The standard InChI is InChI=1S/C17H34N2O/c1-5-6-14-7-8-16(18-4)15(11-14)12-19-9-10-20-13-17(19,2)3/h14-16,18H,5-13H2,1-4H3. The first-order chi connectivity index (χ1) is 9.56. The van der Waals surface area contributed by atoms with Gasteiger partial charge < -0.3 is 10.1 Å². The lowest BCUT2D eigenvalue weighted by molar-refractivity contribution is -0.0624. The van der Waals surface area contributed by atoms with Gasteiger partial charge in [0.1, 0.15) is 0 Å². The van der Waals surface area contributed by atoms with Crippen LogP contribution in [0.15, 0.2) is 0 Å². The first-order valence-corrected chi connectivity index (χ1v) is 8.57. The third-order valence-electron chi connectivity index (χ3n) is 5.43. The summed E-state index contributed by atoms with van der Waals surface area (Å²) in [6.45, 7) is 11.1. The van der Waals surface area contributed by atoms with Crippen LogP contribution in [-0.2, 0) is 4.74 Å². The van der Waals surface area contributed by atoms with Crippen LogP contribution in [0.3, 0.4) is 0 Å². The Balaban J connectivity index is 1.96. The van der Waals surface area contributed by atoms with Crippen LogP contribution in [0.5, 0.6) is 0 Å². The number of ether oxygens (including phenoxy) is 1. The van der Waals surface area contributed by atoms with Gasteiger partial charge in [-0.25, -0.2) is 0 Å². The van der Waals surface area contributed by atoms with Crippen LogP contribution in [0.25, 0.3) is 0 Å². The molecule has 1 N–H and O–H groups in total. The number of morpholine rings is 1. The van der Waals surface area contributed by atoms with E-state index in [1.165, 1.54) is 38.6 Å². The molecular formula is C17H34N2O. The van der Waals surface area contributed by atoms with Crippen LogP contribution in [-0.4, -0.2) is 49.8 Å². The fourth-order valence-electron chi connectivity index (χ4n) is 4.13. The number of hydrogen-bond acceptors (Lipinski definition) is 3. The molecule has 0 aromatic heterocycles. The van der Waals surface area contributed by atoms with Gasteiger partial charge in [0.05, 0.1) is 13.2 Å². The summed E-state index contributed by atoms with van der Waals surface area (Å²) in [6.07, 6.45) is 6.94. The second-order valence-corrected chi connectivity index (χ2v) is 7.43. The fourth-order valence-corrected chi connectivity index (χ4v) is 4.13. The third-order valence-corrected chi connectivity index (χ3v) is 5.43. The van der Waals surface area contributed by atoms with Gasteiger partial charge in [-0.15, -0.1) is 0 Å². The van der Waals surface area contributed by atoms with Crippen LogP contribution in [0.2, 0.25) is 0 Å². The maximum absolute atomic E-state index is 5.66. The van der Waals surface area contributed by atoms with E-state index >= 15 is 0 Å². The van der Waals surface area contributed by atoms with E-state index in [2.05, 4.69) is 38.0 Å². The summed E-state index contributed by atoms with van der Waals surface area (Å²) < 4.78 is 5.66. The maximum atomic E-state index is 5.66. The molecule has 2 rings (SSSR count). The van der Waals surface area contributed by atoms with E-state index in [1.54, 1.807) is 0 Å². The van der Waals surface area contributed by atoms with Gasteiger partial charge in [-0.2, -0.15) is 0 Å². The lowest BCUT2D eigenvalue weighted by Crippen LogP contribution is -2.56. The van der Waals surface area contributed by atoms with Gasteiger partial charge in [0.25, 0.3) is 0 Å². The molecule has 0 aromatic carbocycles. The minimum Gasteiger partial charge on any atom is -0.378 e. The van der Waals surface area contributed by atoms with E-state index in [9.17, 15) is 0 Å². The smallest absolute Gasteiger partial charge is 0.0645 e. The van der Waals surface area contributed by atoms with Crippen molar-refractivity contribution in [2.75, 3.05) is 33.4 Å². The molecule has 1 aliphatic heterocycles. The van der Waals surface area contributed by atoms with Crippen molar-refractivity contribution in [3.8, 4) is 0 Å². The summed E-state index contributed by atoms with van der Waals surface area (Å²) in [4.78, 5) is 2.67. The summed E-state index contributed by atoms with van der Waals surface area (Å²) in [6, 6.07) is 0.710. The highest BCUT2D eigenvalue weighted by Crippen LogP contribution is 2.34. The molecule has 3 atom stereocenters.